The van der Waals surface area contributed by atoms with Crippen LogP contribution in [0, 0.1) is 11.8 Å². The van der Waals surface area contributed by atoms with Gasteiger partial charge in [0.2, 0.25) is 5.91 Å². The summed E-state index contributed by atoms with van der Waals surface area (Å²) in [6.07, 6.45) is 5.10. The van der Waals surface area contributed by atoms with Crippen molar-refractivity contribution < 1.29 is 9.90 Å². The zero-order chi connectivity index (χ0) is 11.7. The van der Waals surface area contributed by atoms with Crippen LogP contribution in [0.15, 0.2) is 0 Å². The molecule has 92 valence electrons. The van der Waals surface area contributed by atoms with Crippen molar-refractivity contribution in [1.82, 2.24) is 4.90 Å². The Hall–Kier alpha value is -0.570. The molecule has 3 heteroatoms. The Morgan fingerprint density at radius 3 is 2.75 bits per heavy atom. The highest BCUT2D eigenvalue weighted by Crippen LogP contribution is 2.36. The molecule has 4 atom stereocenters. The topological polar surface area (TPSA) is 40.5 Å². The Bertz CT molecular complexity index is 267. The van der Waals surface area contributed by atoms with Crippen molar-refractivity contribution in [3.63, 3.8) is 0 Å². The molecule has 0 aromatic rings. The van der Waals surface area contributed by atoms with Gasteiger partial charge in [-0.1, -0.05) is 6.92 Å². The third-order valence-electron chi connectivity index (χ3n) is 4.32. The molecular weight excluding hydrogens is 202 g/mol. The number of aliphatic hydroxyl groups excluding tert-OH is 1. The fourth-order valence-corrected chi connectivity index (χ4v) is 3.45. The number of hydrogen-bond donors (Lipinski definition) is 1. The van der Waals surface area contributed by atoms with Gasteiger partial charge in [-0.2, -0.15) is 0 Å². The number of carbonyl (C=O) groups is 1. The van der Waals surface area contributed by atoms with Gasteiger partial charge >= 0.3 is 0 Å². The van der Waals surface area contributed by atoms with E-state index in [4.69, 9.17) is 0 Å². The molecule has 0 radical (unpaired) electrons. The number of aliphatic hydroxyl groups is 1. The van der Waals surface area contributed by atoms with Crippen molar-refractivity contribution in [1.29, 1.82) is 0 Å². The maximum atomic E-state index is 11.5. The Labute approximate surface area is 97.8 Å². The summed E-state index contributed by atoms with van der Waals surface area (Å²) < 4.78 is 0. The smallest absolute Gasteiger partial charge is 0.219 e. The first kappa shape index (κ1) is 11.9. The number of rotatable bonds is 1. The molecule has 1 aliphatic carbocycles. The van der Waals surface area contributed by atoms with Crippen LogP contribution in [0.25, 0.3) is 0 Å². The van der Waals surface area contributed by atoms with E-state index >= 15 is 0 Å². The van der Waals surface area contributed by atoms with Gasteiger partial charge in [0.1, 0.15) is 0 Å². The molecule has 0 spiro atoms. The summed E-state index contributed by atoms with van der Waals surface area (Å²) in [4.78, 5) is 13.5. The summed E-state index contributed by atoms with van der Waals surface area (Å²) in [5, 5.41) is 10.1. The second-order valence-corrected chi connectivity index (χ2v) is 5.57. The molecule has 1 saturated heterocycles. The molecule has 1 saturated carbocycles. The second-order valence-electron chi connectivity index (χ2n) is 5.57. The van der Waals surface area contributed by atoms with Crippen molar-refractivity contribution >= 4 is 5.91 Å². The predicted octanol–water partition coefficient (Wildman–Crippen LogP) is 1.79. The average molecular weight is 225 g/mol. The Morgan fingerprint density at radius 1 is 1.31 bits per heavy atom. The molecule has 0 unspecified atom stereocenters. The highest BCUT2D eigenvalue weighted by Gasteiger charge is 2.39. The molecular formula is C13H23NO2. The standard InChI is InChI=1S/C13H23NO2/c1-9-5-6-13(16)11(8-9)12-4-3-7-14(12)10(2)15/h9,11-13,16H,3-8H2,1-2H3/t9-,11-,12+,13+/m0/s1. The van der Waals surface area contributed by atoms with Gasteiger partial charge in [-0.15, -0.1) is 0 Å². The van der Waals surface area contributed by atoms with E-state index in [9.17, 15) is 9.90 Å². The molecule has 1 amide bonds. The molecule has 2 rings (SSSR count). The maximum absolute atomic E-state index is 11.5. The molecule has 3 nitrogen and oxygen atoms in total. The lowest BCUT2D eigenvalue weighted by atomic mass is 9.76. The number of hydrogen-bond acceptors (Lipinski definition) is 2. The predicted molar refractivity (Wildman–Crippen MR) is 62.9 cm³/mol. The molecule has 0 aromatic carbocycles. The third kappa shape index (κ3) is 2.24. The quantitative estimate of drug-likeness (QED) is 0.739. The van der Waals surface area contributed by atoms with Crippen LogP contribution in [0.2, 0.25) is 0 Å². The van der Waals surface area contributed by atoms with Gasteiger partial charge in [-0.25, -0.2) is 0 Å². The van der Waals surface area contributed by atoms with E-state index in [1.807, 2.05) is 4.90 Å². The van der Waals surface area contributed by atoms with Gasteiger partial charge in [0.05, 0.1) is 6.10 Å². The summed E-state index contributed by atoms with van der Waals surface area (Å²) in [5.41, 5.74) is 0. The van der Waals surface area contributed by atoms with Crippen LogP contribution in [0.1, 0.15) is 46.0 Å². The maximum Gasteiger partial charge on any atom is 0.219 e. The van der Waals surface area contributed by atoms with E-state index in [2.05, 4.69) is 6.92 Å². The van der Waals surface area contributed by atoms with Crippen molar-refractivity contribution in [2.45, 2.75) is 58.1 Å². The van der Waals surface area contributed by atoms with Gasteiger partial charge in [0.25, 0.3) is 0 Å². The third-order valence-corrected chi connectivity index (χ3v) is 4.32. The minimum atomic E-state index is -0.193. The number of amides is 1. The molecule has 0 aromatic heterocycles. The van der Waals surface area contributed by atoms with Crippen molar-refractivity contribution in [3.05, 3.63) is 0 Å². The van der Waals surface area contributed by atoms with Crippen LogP contribution < -0.4 is 0 Å². The second kappa shape index (κ2) is 4.74. The Morgan fingerprint density at radius 2 is 2.06 bits per heavy atom. The molecule has 1 aliphatic heterocycles. The van der Waals surface area contributed by atoms with Gasteiger partial charge < -0.3 is 10.0 Å². The van der Waals surface area contributed by atoms with Crippen molar-refractivity contribution in [2.75, 3.05) is 6.54 Å². The lowest BCUT2D eigenvalue weighted by Gasteiger charge is -2.39. The van der Waals surface area contributed by atoms with E-state index in [1.54, 1.807) is 6.92 Å². The monoisotopic (exact) mass is 225 g/mol. The summed E-state index contributed by atoms with van der Waals surface area (Å²) in [6.45, 7) is 4.79. The summed E-state index contributed by atoms with van der Waals surface area (Å²) >= 11 is 0. The molecule has 1 N–H and O–H groups in total. The first-order chi connectivity index (χ1) is 7.59. The Kier molecular flexibility index (Phi) is 3.53. The molecule has 0 bridgehead atoms. The molecule has 2 aliphatic rings. The van der Waals surface area contributed by atoms with Crippen molar-refractivity contribution in [2.24, 2.45) is 11.8 Å². The fourth-order valence-electron chi connectivity index (χ4n) is 3.45. The van der Waals surface area contributed by atoms with Crippen LogP contribution in [-0.2, 0) is 4.79 Å². The first-order valence-corrected chi connectivity index (χ1v) is 6.55. The van der Waals surface area contributed by atoms with Crippen LogP contribution in [0.5, 0.6) is 0 Å². The minimum Gasteiger partial charge on any atom is -0.393 e. The van der Waals surface area contributed by atoms with Crippen LogP contribution >= 0.6 is 0 Å². The van der Waals surface area contributed by atoms with E-state index in [0.717, 1.165) is 38.6 Å². The normalized spacial score (nSPS) is 40.1. The van der Waals surface area contributed by atoms with Crippen LogP contribution in [0.4, 0.5) is 0 Å². The lowest BCUT2D eigenvalue weighted by molar-refractivity contribution is -0.132. The van der Waals surface area contributed by atoms with Crippen molar-refractivity contribution in [3.8, 4) is 0 Å². The SMILES string of the molecule is CC(=O)N1CCC[C@@H]1[C@@H]1C[C@@H](C)CC[C@H]1O. The van der Waals surface area contributed by atoms with Gasteiger partial charge in [0.15, 0.2) is 0 Å². The van der Waals surface area contributed by atoms with Gasteiger partial charge in [-0.05, 0) is 38.0 Å². The fraction of sp³-hybridized carbons (Fsp3) is 0.923. The highest BCUT2D eigenvalue weighted by molar-refractivity contribution is 5.73. The zero-order valence-corrected chi connectivity index (χ0v) is 10.4. The number of carbonyl (C=O) groups excluding carboxylic acids is 1. The largest absolute Gasteiger partial charge is 0.393 e. The minimum absolute atomic E-state index is 0.174. The molecule has 16 heavy (non-hydrogen) atoms. The lowest BCUT2D eigenvalue weighted by Crippen LogP contribution is -2.45. The summed E-state index contributed by atoms with van der Waals surface area (Å²) in [6, 6.07) is 0.301. The number of likely N-dealkylation sites (tertiary alicyclic amines) is 1. The zero-order valence-electron chi connectivity index (χ0n) is 10.4. The average Bonchev–Trinajstić information content (AvgIpc) is 2.70. The van der Waals surface area contributed by atoms with E-state index in [0.29, 0.717) is 17.9 Å². The van der Waals surface area contributed by atoms with E-state index < -0.39 is 0 Å². The molecule has 2 fully saturated rings. The number of nitrogens with zero attached hydrogens (tertiary/aromatic N) is 1. The van der Waals surface area contributed by atoms with Gasteiger partial charge in [-0.3, -0.25) is 4.79 Å². The first-order valence-electron chi connectivity index (χ1n) is 6.55. The van der Waals surface area contributed by atoms with Crippen LogP contribution in [-0.4, -0.2) is 34.6 Å². The summed E-state index contributed by atoms with van der Waals surface area (Å²) in [5.74, 6) is 1.19. The van der Waals surface area contributed by atoms with Gasteiger partial charge in [0, 0.05) is 25.4 Å². The molecule has 1 heterocycles. The highest BCUT2D eigenvalue weighted by atomic mass is 16.3. The van der Waals surface area contributed by atoms with E-state index in [1.165, 1.54) is 0 Å². The Balaban J connectivity index is 2.07. The summed E-state index contributed by atoms with van der Waals surface area (Å²) in [7, 11) is 0. The van der Waals surface area contributed by atoms with Crippen LogP contribution in [0.3, 0.4) is 0 Å². The van der Waals surface area contributed by atoms with E-state index in [-0.39, 0.29) is 12.0 Å².